The molecule has 1 saturated heterocycles. The van der Waals surface area contributed by atoms with Crippen LogP contribution in [0.1, 0.15) is 18.4 Å². The Morgan fingerprint density at radius 3 is 2.59 bits per heavy atom. The molecule has 0 atom stereocenters. The van der Waals surface area contributed by atoms with E-state index in [2.05, 4.69) is 25.9 Å². The minimum atomic E-state index is 0.377. The number of aromatic nitrogens is 4. The monoisotopic (exact) mass is 400 g/mol. The summed E-state index contributed by atoms with van der Waals surface area (Å²) in [5.41, 5.74) is 3.93. The van der Waals surface area contributed by atoms with Crippen LogP contribution in [-0.4, -0.2) is 32.6 Å². The predicted molar refractivity (Wildman–Crippen MR) is 113 cm³/mol. The number of nitrogens with zero attached hydrogens (tertiary/aromatic N) is 6. The van der Waals surface area contributed by atoms with E-state index in [9.17, 15) is 5.26 Å². The Labute approximate surface area is 173 Å². The number of nitriles is 1. The number of rotatable bonds is 3. The fourth-order valence-corrected chi connectivity index (χ4v) is 4.13. The van der Waals surface area contributed by atoms with Gasteiger partial charge in [0.05, 0.1) is 10.9 Å². The fourth-order valence-electron chi connectivity index (χ4n) is 3.90. The van der Waals surface area contributed by atoms with Crippen LogP contribution < -0.4 is 4.90 Å². The Kier molecular flexibility index (Phi) is 4.38. The lowest BCUT2D eigenvalue weighted by atomic mass is 10.1. The molecule has 0 radical (unpaired) electrons. The number of hydrogen-bond acceptors (Lipinski definition) is 5. The van der Waals surface area contributed by atoms with E-state index in [0.717, 1.165) is 53.9 Å². The molecule has 0 aliphatic carbocycles. The largest absolute Gasteiger partial charge is 0.356 e. The van der Waals surface area contributed by atoms with E-state index >= 15 is 0 Å². The Morgan fingerprint density at radius 2 is 1.83 bits per heavy atom. The highest BCUT2D eigenvalue weighted by atomic mass is 35.5. The summed E-state index contributed by atoms with van der Waals surface area (Å²) in [5, 5.41) is 10.9. The summed E-state index contributed by atoms with van der Waals surface area (Å²) >= 11 is 6.46. The molecule has 0 spiro atoms. The summed E-state index contributed by atoms with van der Waals surface area (Å²) in [6.07, 6.45) is 7.51. The third-order valence-corrected chi connectivity index (χ3v) is 5.56. The molecule has 7 heteroatoms. The van der Waals surface area contributed by atoms with Crippen LogP contribution in [0.4, 0.5) is 5.82 Å². The second kappa shape index (κ2) is 7.19. The van der Waals surface area contributed by atoms with Crippen LogP contribution >= 0.6 is 11.6 Å². The topological polar surface area (TPSA) is 70.6 Å². The van der Waals surface area contributed by atoms with Crippen molar-refractivity contribution in [2.75, 3.05) is 18.0 Å². The zero-order chi connectivity index (χ0) is 19.8. The van der Waals surface area contributed by atoms with Crippen molar-refractivity contribution in [2.24, 2.45) is 0 Å². The first-order valence-electron chi connectivity index (χ1n) is 9.48. The number of hydrogen-bond donors (Lipinski definition) is 0. The lowest BCUT2D eigenvalue weighted by molar-refractivity contribution is 0.934. The normalized spacial score (nSPS) is 13.7. The van der Waals surface area contributed by atoms with Gasteiger partial charge < -0.3 is 9.47 Å². The van der Waals surface area contributed by atoms with Gasteiger partial charge in [-0.25, -0.2) is 15.0 Å². The van der Waals surface area contributed by atoms with E-state index < -0.39 is 0 Å². The van der Waals surface area contributed by atoms with E-state index in [-0.39, 0.29) is 0 Å². The number of benzene rings is 1. The van der Waals surface area contributed by atoms with Gasteiger partial charge in [-0.1, -0.05) is 29.8 Å². The first-order valence-corrected chi connectivity index (χ1v) is 9.86. The molecule has 1 aliphatic heterocycles. The summed E-state index contributed by atoms with van der Waals surface area (Å²) in [5.74, 6) is 0.753. The highest BCUT2D eigenvalue weighted by molar-refractivity contribution is 6.35. The van der Waals surface area contributed by atoms with Gasteiger partial charge in [-0.05, 0) is 31.0 Å². The highest BCUT2D eigenvalue weighted by Gasteiger charge is 2.21. The molecule has 29 heavy (non-hydrogen) atoms. The molecule has 3 aromatic heterocycles. The van der Waals surface area contributed by atoms with Crippen LogP contribution in [0, 0.1) is 11.3 Å². The number of halogens is 1. The average Bonchev–Trinajstić information content (AvgIpc) is 3.43. The summed E-state index contributed by atoms with van der Waals surface area (Å²) < 4.78 is 1.98. The van der Waals surface area contributed by atoms with Crippen molar-refractivity contribution in [3.63, 3.8) is 0 Å². The van der Waals surface area contributed by atoms with Gasteiger partial charge in [0.2, 0.25) is 0 Å². The van der Waals surface area contributed by atoms with Crippen molar-refractivity contribution in [2.45, 2.75) is 12.8 Å². The molecule has 0 bridgehead atoms. The van der Waals surface area contributed by atoms with E-state index in [1.54, 1.807) is 0 Å². The molecule has 1 fully saturated rings. The summed E-state index contributed by atoms with van der Waals surface area (Å²) in [6.45, 7) is 1.88. The smallest absolute Gasteiger partial charge is 0.150 e. The summed E-state index contributed by atoms with van der Waals surface area (Å²) in [4.78, 5) is 15.4. The molecular formula is C22H17ClN6. The van der Waals surface area contributed by atoms with Gasteiger partial charge in [-0.3, -0.25) is 0 Å². The minimum absolute atomic E-state index is 0.377. The van der Waals surface area contributed by atoms with Gasteiger partial charge in [-0.15, -0.1) is 0 Å². The van der Waals surface area contributed by atoms with Crippen LogP contribution in [0.2, 0.25) is 5.15 Å². The lowest BCUT2D eigenvalue weighted by Gasteiger charge is -2.17. The quantitative estimate of drug-likeness (QED) is 0.470. The standard InChI is InChI=1S/C22H17ClN6/c23-20-19-18(13-29(22(19)27-14-26-20)17-6-2-1-3-7-17)16-10-15(11-24)21(25-12-16)28-8-4-5-9-28/h1-3,6-7,10,12-14H,4-5,8-9H2. The molecule has 142 valence electrons. The third-order valence-electron chi connectivity index (χ3n) is 5.27. The Balaban J connectivity index is 1.71. The van der Waals surface area contributed by atoms with Gasteiger partial charge >= 0.3 is 0 Å². The second-order valence-corrected chi connectivity index (χ2v) is 7.37. The SMILES string of the molecule is N#Cc1cc(-c2cn(-c3ccccc3)c3ncnc(Cl)c23)cnc1N1CCCC1. The zero-order valence-electron chi connectivity index (χ0n) is 15.6. The molecule has 1 aliphatic rings. The molecule has 0 saturated carbocycles. The average molecular weight is 401 g/mol. The van der Waals surface area contributed by atoms with E-state index in [0.29, 0.717) is 16.4 Å². The van der Waals surface area contributed by atoms with Crippen molar-refractivity contribution >= 4 is 28.5 Å². The molecule has 4 aromatic rings. The minimum Gasteiger partial charge on any atom is -0.356 e. The van der Waals surface area contributed by atoms with Crippen molar-refractivity contribution < 1.29 is 0 Å². The van der Waals surface area contributed by atoms with E-state index in [4.69, 9.17) is 11.6 Å². The zero-order valence-corrected chi connectivity index (χ0v) is 16.3. The highest BCUT2D eigenvalue weighted by Crippen LogP contribution is 2.36. The van der Waals surface area contributed by atoms with Crippen molar-refractivity contribution in [1.82, 2.24) is 19.5 Å². The molecule has 4 heterocycles. The Bertz CT molecular complexity index is 1240. The van der Waals surface area contributed by atoms with Crippen LogP contribution in [0.3, 0.4) is 0 Å². The fraction of sp³-hybridized carbons (Fsp3) is 0.182. The first-order chi connectivity index (χ1) is 14.3. The van der Waals surface area contributed by atoms with E-state index in [1.807, 2.05) is 53.4 Å². The van der Waals surface area contributed by atoms with Crippen LogP contribution in [0.15, 0.2) is 55.1 Å². The van der Waals surface area contributed by atoms with Gasteiger partial charge in [0.25, 0.3) is 0 Å². The molecular weight excluding hydrogens is 384 g/mol. The van der Waals surface area contributed by atoms with Crippen LogP contribution in [-0.2, 0) is 0 Å². The molecule has 6 nitrogen and oxygen atoms in total. The first kappa shape index (κ1) is 17.7. The maximum absolute atomic E-state index is 9.73. The molecule has 5 rings (SSSR count). The molecule has 0 amide bonds. The van der Waals surface area contributed by atoms with E-state index in [1.165, 1.54) is 6.33 Å². The van der Waals surface area contributed by atoms with Gasteiger partial charge in [-0.2, -0.15) is 5.26 Å². The number of anilines is 1. The van der Waals surface area contributed by atoms with Gasteiger partial charge in [0.15, 0.2) is 0 Å². The number of pyridine rings is 1. The predicted octanol–water partition coefficient (Wildman–Crippen LogP) is 4.61. The third kappa shape index (κ3) is 3.00. The summed E-state index contributed by atoms with van der Waals surface area (Å²) in [7, 11) is 0. The second-order valence-electron chi connectivity index (χ2n) is 7.01. The maximum atomic E-state index is 9.73. The van der Waals surface area contributed by atoms with Crippen molar-refractivity contribution in [3.8, 4) is 22.9 Å². The molecule has 0 unspecified atom stereocenters. The van der Waals surface area contributed by atoms with Crippen molar-refractivity contribution in [3.05, 3.63) is 65.8 Å². The van der Waals surface area contributed by atoms with Crippen LogP contribution in [0.5, 0.6) is 0 Å². The Morgan fingerprint density at radius 1 is 1.03 bits per heavy atom. The Hall–Kier alpha value is -3.43. The van der Waals surface area contributed by atoms with Crippen molar-refractivity contribution in [1.29, 1.82) is 5.26 Å². The molecule has 0 N–H and O–H groups in total. The van der Waals surface area contributed by atoms with Crippen LogP contribution in [0.25, 0.3) is 27.8 Å². The number of fused-ring (bicyclic) bond motifs is 1. The lowest BCUT2D eigenvalue weighted by Crippen LogP contribution is -2.20. The number of para-hydroxylation sites is 1. The molecule has 1 aromatic carbocycles. The van der Waals surface area contributed by atoms with Gasteiger partial charge in [0.1, 0.15) is 29.0 Å². The maximum Gasteiger partial charge on any atom is 0.150 e. The van der Waals surface area contributed by atoms with Gasteiger partial charge in [0, 0.05) is 42.3 Å². The summed E-state index contributed by atoms with van der Waals surface area (Å²) in [6, 6.07) is 14.1.